The quantitative estimate of drug-likeness (QED) is 0.789. The maximum Gasteiger partial charge on any atom is 0.239 e. The van der Waals surface area contributed by atoms with Crippen molar-refractivity contribution in [3.05, 3.63) is 17.0 Å². The third-order valence-corrected chi connectivity index (χ3v) is 3.17. The second-order valence-electron chi connectivity index (χ2n) is 3.67. The van der Waals surface area contributed by atoms with Crippen LogP contribution in [0.25, 0.3) is 0 Å². The lowest BCUT2D eigenvalue weighted by Gasteiger charge is -2.34. The topological polar surface area (TPSA) is 76.4 Å². The highest BCUT2D eigenvalue weighted by atomic mass is 32.1. The number of anilines is 1. The van der Waals surface area contributed by atoms with Crippen molar-refractivity contribution in [2.75, 3.05) is 25.0 Å². The fraction of sp³-hybridized carbons (Fsp3) is 0.400. The minimum Gasteiger partial charge on any atom is -0.390 e. The molecule has 2 heterocycles. The summed E-state index contributed by atoms with van der Waals surface area (Å²) in [7, 11) is 0. The molecule has 0 aliphatic carbocycles. The van der Waals surface area contributed by atoms with E-state index in [-0.39, 0.29) is 18.6 Å². The van der Waals surface area contributed by atoms with E-state index in [1.54, 1.807) is 11.4 Å². The maximum atomic E-state index is 11.6. The predicted molar refractivity (Wildman–Crippen MR) is 60.1 cm³/mol. The van der Waals surface area contributed by atoms with E-state index in [1.165, 1.54) is 11.3 Å². The number of β-amino-alcohol motifs (C(OH)–C–C–N with tert-alkyl or cyclic N) is 1. The molecule has 84 valence electrons. The van der Waals surface area contributed by atoms with E-state index >= 15 is 0 Å². The molecule has 16 heavy (non-hydrogen) atoms. The molecule has 0 atom stereocenters. The molecule has 2 rings (SSSR count). The van der Waals surface area contributed by atoms with Crippen LogP contribution in [-0.4, -0.2) is 41.7 Å². The van der Waals surface area contributed by atoms with E-state index in [9.17, 15) is 4.79 Å². The van der Waals surface area contributed by atoms with E-state index < -0.39 is 0 Å². The number of likely N-dealkylation sites (tertiary alicyclic amines) is 1. The first-order valence-corrected chi connectivity index (χ1v) is 5.75. The van der Waals surface area contributed by atoms with Crippen LogP contribution < -0.4 is 5.32 Å². The van der Waals surface area contributed by atoms with Gasteiger partial charge in [-0.05, 0) is 11.4 Å². The fourth-order valence-electron chi connectivity index (χ4n) is 1.54. The van der Waals surface area contributed by atoms with E-state index in [4.69, 9.17) is 10.4 Å². The lowest BCUT2D eigenvalue weighted by atomic mass is 10.2. The van der Waals surface area contributed by atoms with Crippen molar-refractivity contribution in [2.45, 2.75) is 6.10 Å². The molecule has 1 aromatic heterocycles. The van der Waals surface area contributed by atoms with Gasteiger partial charge in [-0.3, -0.25) is 9.69 Å². The number of thiophene rings is 1. The first kappa shape index (κ1) is 11.1. The van der Waals surface area contributed by atoms with Crippen LogP contribution in [0.4, 0.5) is 5.00 Å². The molecule has 1 aromatic rings. The standard InChI is InChI=1S/C10H11N3O2S/c11-3-7-1-2-16-10(7)12-9(15)6-13-4-8(14)5-13/h1-2,8,14H,4-6H2,(H,12,15). The van der Waals surface area contributed by atoms with Gasteiger partial charge in [-0.2, -0.15) is 5.26 Å². The summed E-state index contributed by atoms with van der Waals surface area (Å²) in [5, 5.41) is 22.9. The lowest BCUT2D eigenvalue weighted by molar-refractivity contribution is -0.119. The highest BCUT2D eigenvalue weighted by molar-refractivity contribution is 7.14. The molecule has 1 amide bonds. The molecule has 0 bridgehead atoms. The number of hydrogen-bond acceptors (Lipinski definition) is 5. The number of aliphatic hydroxyl groups excluding tert-OH is 1. The van der Waals surface area contributed by atoms with Crippen molar-refractivity contribution in [3.63, 3.8) is 0 Å². The molecule has 2 N–H and O–H groups in total. The lowest BCUT2D eigenvalue weighted by Crippen LogP contribution is -2.53. The van der Waals surface area contributed by atoms with Crippen molar-refractivity contribution in [1.29, 1.82) is 5.26 Å². The Morgan fingerprint density at radius 1 is 1.75 bits per heavy atom. The molecule has 1 aliphatic rings. The van der Waals surface area contributed by atoms with E-state index in [0.29, 0.717) is 23.7 Å². The van der Waals surface area contributed by atoms with Gasteiger partial charge in [0.1, 0.15) is 11.1 Å². The van der Waals surface area contributed by atoms with E-state index in [2.05, 4.69) is 5.32 Å². The Bertz CT molecular complexity index is 432. The number of rotatable bonds is 3. The smallest absolute Gasteiger partial charge is 0.239 e. The minimum atomic E-state index is -0.302. The molecule has 5 nitrogen and oxygen atoms in total. The molecular weight excluding hydrogens is 226 g/mol. The molecular formula is C10H11N3O2S. The van der Waals surface area contributed by atoms with Gasteiger partial charge in [0.15, 0.2) is 0 Å². The predicted octanol–water partition coefficient (Wildman–Crippen LogP) is 0.235. The van der Waals surface area contributed by atoms with Gasteiger partial charge < -0.3 is 10.4 Å². The average Bonchev–Trinajstić information content (AvgIpc) is 2.62. The van der Waals surface area contributed by atoms with Gasteiger partial charge in [-0.1, -0.05) is 0 Å². The molecule has 1 saturated heterocycles. The number of amides is 1. The van der Waals surface area contributed by atoms with Gasteiger partial charge >= 0.3 is 0 Å². The number of carbonyl (C=O) groups excluding carboxylic acids is 1. The number of nitriles is 1. The van der Waals surface area contributed by atoms with Crippen LogP contribution in [-0.2, 0) is 4.79 Å². The number of aliphatic hydroxyl groups is 1. The Morgan fingerprint density at radius 3 is 3.12 bits per heavy atom. The first-order valence-electron chi connectivity index (χ1n) is 4.87. The Hall–Kier alpha value is -1.42. The van der Waals surface area contributed by atoms with Gasteiger partial charge in [-0.25, -0.2) is 0 Å². The van der Waals surface area contributed by atoms with Crippen molar-refractivity contribution in [3.8, 4) is 6.07 Å². The van der Waals surface area contributed by atoms with Crippen LogP contribution in [0.5, 0.6) is 0 Å². The van der Waals surface area contributed by atoms with Crippen LogP contribution >= 0.6 is 11.3 Å². The molecule has 0 aromatic carbocycles. The zero-order chi connectivity index (χ0) is 11.5. The summed E-state index contributed by atoms with van der Waals surface area (Å²) in [4.78, 5) is 13.4. The van der Waals surface area contributed by atoms with E-state index in [0.717, 1.165) is 0 Å². The Kier molecular flexibility index (Phi) is 3.19. The van der Waals surface area contributed by atoms with Crippen LogP contribution in [0.2, 0.25) is 0 Å². The maximum absolute atomic E-state index is 11.6. The second kappa shape index (κ2) is 4.61. The number of nitrogens with zero attached hydrogens (tertiary/aromatic N) is 2. The zero-order valence-electron chi connectivity index (χ0n) is 8.51. The van der Waals surface area contributed by atoms with Crippen molar-refractivity contribution in [1.82, 2.24) is 4.90 Å². The second-order valence-corrected chi connectivity index (χ2v) is 4.59. The Morgan fingerprint density at radius 2 is 2.50 bits per heavy atom. The summed E-state index contributed by atoms with van der Waals surface area (Å²) in [6.45, 7) is 1.35. The Balaban J connectivity index is 1.86. The van der Waals surface area contributed by atoms with Crippen LogP contribution in [0, 0.1) is 11.3 Å². The molecule has 0 saturated carbocycles. The molecule has 0 unspecified atom stereocenters. The van der Waals surface area contributed by atoms with E-state index in [1.807, 2.05) is 11.0 Å². The summed E-state index contributed by atoms with van der Waals surface area (Å²) < 4.78 is 0. The van der Waals surface area contributed by atoms with Crippen LogP contribution in [0.1, 0.15) is 5.56 Å². The van der Waals surface area contributed by atoms with Crippen LogP contribution in [0.15, 0.2) is 11.4 Å². The van der Waals surface area contributed by atoms with Gasteiger partial charge in [0.25, 0.3) is 0 Å². The SMILES string of the molecule is N#Cc1ccsc1NC(=O)CN1CC(O)C1. The van der Waals surface area contributed by atoms with Crippen molar-refractivity contribution in [2.24, 2.45) is 0 Å². The summed E-state index contributed by atoms with van der Waals surface area (Å²) in [6.07, 6.45) is -0.302. The fourth-order valence-corrected chi connectivity index (χ4v) is 2.29. The third-order valence-electron chi connectivity index (χ3n) is 2.34. The van der Waals surface area contributed by atoms with Crippen molar-refractivity contribution < 1.29 is 9.90 Å². The molecule has 1 aliphatic heterocycles. The summed E-state index contributed by atoms with van der Waals surface area (Å²) in [5.74, 6) is -0.147. The largest absolute Gasteiger partial charge is 0.390 e. The van der Waals surface area contributed by atoms with Crippen LogP contribution in [0.3, 0.4) is 0 Å². The number of nitrogens with one attached hydrogen (secondary N) is 1. The Labute approximate surface area is 96.9 Å². The highest BCUT2D eigenvalue weighted by Gasteiger charge is 2.26. The molecule has 1 fully saturated rings. The molecule has 6 heteroatoms. The van der Waals surface area contributed by atoms with Crippen molar-refractivity contribution >= 4 is 22.2 Å². The van der Waals surface area contributed by atoms with Gasteiger partial charge in [0.05, 0.1) is 18.2 Å². The first-order chi connectivity index (χ1) is 7.69. The molecule has 0 spiro atoms. The summed E-state index contributed by atoms with van der Waals surface area (Å²) in [6, 6.07) is 3.69. The summed E-state index contributed by atoms with van der Waals surface area (Å²) >= 11 is 1.33. The van der Waals surface area contributed by atoms with Gasteiger partial charge in [-0.15, -0.1) is 11.3 Å². The minimum absolute atomic E-state index is 0.147. The summed E-state index contributed by atoms with van der Waals surface area (Å²) in [5.41, 5.74) is 0.488. The molecule has 0 radical (unpaired) electrons. The third kappa shape index (κ3) is 2.39. The highest BCUT2D eigenvalue weighted by Crippen LogP contribution is 2.22. The number of carbonyl (C=O) groups is 1. The van der Waals surface area contributed by atoms with Gasteiger partial charge in [0, 0.05) is 13.1 Å². The number of hydrogen-bond donors (Lipinski definition) is 2. The normalized spacial score (nSPS) is 16.5. The zero-order valence-corrected chi connectivity index (χ0v) is 9.33. The van der Waals surface area contributed by atoms with Gasteiger partial charge in [0.2, 0.25) is 5.91 Å². The average molecular weight is 237 g/mol. The monoisotopic (exact) mass is 237 g/mol.